The summed E-state index contributed by atoms with van der Waals surface area (Å²) in [6, 6.07) is -1.67. The zero-order chi connectivity index (χ0) is 103. The van der Waals surface area contributed by atoms with E-state index in [-0.39, 0.29) is 24.7 Å². The summed E-state index contributed by atoms with van der Waals surface area (Å²) >= 11 is 0. The summed E-state index contributed by atoms with van der Waals surface area (Å²) in [5, 5.41) is 289. The molecule has 49 nitrogen and oxygen atoms in total. The fraction of sp³-hybridized carbons (Fsp3) is 0.988. The van der Waals surface area contributed by atoms with Crippen molar-refractivity contribution in [3.63, 3.8) is 0 Å². The lowest BCUT2D eigenvalue weighted by Crippen LogP contribution is -2.65. The van der Waals surface area contributed by atoms with E-state index in [1.807, 2.05) is 62.3 Å². The van der Waals surface area contributed by atoms with Crippen LogP contribution in [-0.2, 0) is 80.6 Å². The van der Waals surface area contributed by atoms with Gasteiger partial charge in [0.15, 0.2) is 50.3 Å². The minimum atomic E-state index is -1.51. The molecule has 8 rings (SSSR count). The number of hydrogen-bond acceptors (Lipinski definition) is 48. The SMILES string of the molecule is CC(=O)NC1[C@H](OC(C)(C)C)OC(CO)[C@@H](O)[C@@H]1O.CC(C)(C)NC1[C@H](O)OC(CO)[C@@H](O)[C@@H]1O.CC(C)(C)OCC1OC(O)C(O)[C@@H](O)[C@@H]1O.CC(C)(C)O[C@@H]1OC(CO)[C@@H](O)[C@H](O)C1O.CC(C)(C)O[C@@H]1OC(CO)[C@H](O)[C@H](O)C1O.CC(C)(C)O[C@H]1OC(CO)[C@@H](O)[C@H](O)C1O.CC(C)(C)O[C@H]1OC(CO)[C@H](O)[C@H](O)C1O.CO[C@@H]1OC(CO)[C@@H](O)[C@H](O)C1OC(C)(C)C. The standard InChI is InChI=1S/C12H23NO6.C11H22O6.C10H21NO5.5C10H20O6/c1-6(15)13-8-10(17)9(16)7(5-14)18-11(8)19-12(2,3)4;1-11(2,3)17-9-8(14)7(13)6(5-12)16-10(9)15-4;1-10(2,3)11-6-8(14)7(13)5(4-12)16-9(6)15;1-10(2,3)15-4-5-6(11)7(12)8(13)9(14)16-5;4*1-10(2,3)16-9-8(14)7(13)6(12)5(4-11)15-9/h7-11,14,16-17H,5H2,1-4H3,(H,13,15);6-10,12-14H,5H2,1-4H3;5-9,11-15H,4H2,1-3H3;5*5-9,11-14H,4H2,1-3H3/t7?,8?,9-,10-,11+;6?,7-,8+,9?,10-;5?,6?,7-,8-,9-;5?,6-,7+,8?,9?;5?,6-,7+,8?,9+;5?,6-,7+,8?,9-;5?,6-,7-,8?,9+;5?,6-,7-,8?,9-/m11111100/s1. The molecular formula is C83H166N2O47. The number of rotatable bonds is 18. The normalized spacial score (nSPS) is 40.1. The van der Waals surface area contributed by atoms with Crippen LogP contribution in [-0.4, -0.2) is 509 Å². The van der Waals surface area contributed by atoms with E-state index in [1.165, 1.54) is 14.0 Å². The molecule has 132 heavy (non-hydrogen) atoms. The van der Waals surface area contributed by atoms with Crippen molar-refractivity contribution >= 4 is 5.91 Å². The van der Waals surface area contributed by atoms with Crippen LogP contribution < -0.4 is 10.6 Å². The summed E-state index contributed by atoms with van der Waals surface area (Å²) in [4.78, 5) is 11.2. The highest BCUT2D eigenvalue weighted by Gasteiger charge is 2.53. The molecule has 0 saturated carbocycles. The van der Waals surface area contributed by atoms with E-state index in [0.717, 1.165) is 0 Å². The van der Waals surface area contributed by atoms with Gasteiger partial charge in [0.05, 0.1) is 98.1 Å². The highest BCUT2D eigenvalue weighted by molar-refractivity contribution is 5.73. The average Bonchev–Trinajstić information content (AvgIpc) is 0.796. The molecule has 0 radical (unpaired) electrons. The summed E-state index contributed by atoms with van der Waals surface area (Å²) in [7, 11) is 1.42. The fourth-order valence-corrected chi connectivity index (χ4v) is 12.9. The third kappa shape index (κ3) is 42.8. The Kier molecular flexibility index (Phi) is 53.4. The van der Waals surface area contributed by atoms with E-state index in [2.05, 4.69) is 10.6 Å². The molecule has 8 saturated heterocycles. The molecule has 0 bridgehead atoms. The molecule has 1 amide bonds. The van der Waals surface area contributed by atoms with Gasteiger partial charge in [-0.3, -0.25) is 4.79 Å². The van der Waals surface area contributed by atoms with Gasteiger partial charge in [0, 0.05) is 19.6 Å². The zero-order valence-electron chi connectivity index (χ0n) is 80.6. The molecule has 0 aromatic heterocycles. The third-order valence-corrected chi connectivity index (χ3v) is 19.4. The molecule has 0 aliphatic carbocycles. The first-order valence-corrected chi connectivity index (χ1v) is 43.4. The summed E-state index contributed by atoms with van der Waals surface area (Å²) in [5.41, 5.74) is -4.06. The second-order valence-corrected chi connectivity index (χ2v) is 40.6. The predicted octanol–water partition coefficient (Wildman–Crippen LogP) is -10.8. The number of carbonyl (C=O) groups is 1. The van der Waals surface area contributed by atoms with Crippen molar-refractivity contribution in [3.05, 3.63) is 0 Å². The lowest BCUT2D eigenvalue weighted by molar-refractivity contribution is -0.321. The van der Waals surface area contributed by atoms with E-state index in [9.17, 15) is 122 Å². The van der Waals surface area contributed by atoms with E-state index in [4.69, 9.17) is 112 Å². The molecule has 8 aliphatic heterocycles. The van der Waals surface area contributed by atoms with Gasteiger partial charge in [0.2, 0.25) is 5.91 Å². The third-order valence-electron chi connectivity index (χ3n) is 19.4. The van der Waals surface area contributed by atoms with Crippen LogP contribution in [0.1, 0.15) is 173 Å². The van der Waals surface area contributed by atoms with Crippen LogP contribution in [0.5, 0.6) is 0 Å². The lowest BCUT2D eigenvalue weighted by atomic mass is 9.94. The second kappa shape index (κ2) is 55.3. The van der Waals surface area contributed by atoms with Gasteiger partial charge in [-0.15, -0.1) is 0 Å². The van der Waals surface area contributed by atoms with E-state index >= 15 is 0 Å². The Morgan fingerprint density at radius 3 is 0.735 bits per heavy atom. The minimum Gasteiger partial charge on any atom is -0.394 e. The fourth-order valence-electron chi connectivity index (χ4n) is 12.9. The van der Waals surface area contributed by atoms with Crippen molar-refractivity contribution in [3.8, 4) is 0 Å². The summed E-state index contributed by atoms with van der Waals surface area (Å²) in [6.45, 7) is 41.5. The van der Waals surface area contributed by atoms with Gasteiger partial charge in [-0.2, -0.15) is 0 Å². The Bertz CT molecular complexity index is 2900. The van der Waals surface area contributed by atoms with Crippen molar-refractivity contribution in [1.29, 1.82) is 0 Å². The van der Waals surface area contributed by atoms with E-state index < -0.39 is 324 Å². The molecule has 8 fully saturated rings. The molecule has 32 N–H and O–H groups in total. The summed E-state index contributed by atoms with van der Waals surface area (Å²) in [6.07, 6.45) is -44.7. The van der Waals surface area contributed by atoms with Gasteiger partial charge in [-0.05, 0) is 166 Å². The Morgan fingerprint density at radius 2 is 0.477 bits per heavy atom. The van der Waals surface area contributed by atoms with Gasteiger partial charge in [-0.1, -0.05) is 0 Å². The number of carbonyl (C=O) groups excluding carboxylic acids is 1. The van der Waals surface area contributed by atoms with E-state index in [0.29, 0.717) is 0 Å². The van der Waals surface area contributed by atoms with Crippen LogP contribution in [0.3, 0.4) is 0 Å². The van der Waals surface area contributed by atoms with Crippen molar-refractivity contribution < 1.29 is 234 Å². The van der Waals surface area contributed by atoms with Crippen LogP contribution in [0.4, 0.5) is 0 Å². The number of ether oxygens (including phenoxy) is 16. The maximum absolute atomic E-state index is 11.2. The number of aliphatic hydroxyl groups excluding tert-OH is 30. The maximum atomic E-state index is 11.2. The molecule has 17 unspecified atom stereocenters. The first kappa shape index (κ1) is 128. The van der Waals surface area contributed by atoms with Crippen molar-refractivity contribution in [2.75, 3.05) is 60.0 Å². The molecular weight excluding hydrogens is 1780 g/mol. The molecule has 8 heterocycles. The van der Waals surface area contributed by atoms with Gasteiger partial charge in [-0.25, -0.2) is 0 Å². The Hall–Kier alpha value is -2.41. The highest BCUT2D eigenvalue weighted by Crippen LogP contribution is 2.34. The quantitative estimate of drug-likeness (QED) is 0.0606. The minimum absolute atomic E-state index is 0.0332. The van der Waals surface area contributed by atoms with Gasteiger partial charge in [0.1, 0.15) is 189 Å². The van der Waals surface area contributed by atoms with E-state index in [1.54, 1.807) is 104 Å². The van der Waals surface area contributed by atoms with Crippen LogP contribution in [0.15, 0.2) is 0 Å². The molecule has 49 heteroatoms. The smallest absolute Gasteiger partial charge is 0.217 e. The molecule has 40 atom stereocenters. The summed E-state index contributed by atoms with van der Waals surface area (Å²) in [5.74, 6) is -0.371. The molecule has 790 valence electrons. The van der Waals surface area contributed by atoms with Gasteiger partial charge in [0.25, 0.3) is 0 Å². The van der Waals surface area contributed by atoms with Crippen LogP contribution in [0, 0.1) is 0 Å². The molecule has 0 spiro atoms. The zero-order valence-corrected chi connectivity index (χ0v) is 80.6. The Balaban J connectivity index is 0.000000755. The number of methoxy groups -OCH3 is 1. The van der Waals surface area contributed by atoms with Crippen molar-refractivity contribution in [1.82, 2.24) is 10.6 Å². The van der Waals surface area contributed by atoms with Gasteiger partial charge >= 0.3 is 0 Å². The number of amides is 1. The maximum Gasteiger partial charge on any atom is 0.217 e. The summed E-state index contributed by atoms with van der Waals surface area (Å²) < 4.78 is 84.6. The largest absolute Gasteiger partial charge is 0.394 e. The molecule has 0 aromatic rings. The number of aliphatic hydroxyl groups is 30. The Morgan fingerprint density at radius 1 is 0.250 bits per heavy atom. The molecule has 0 aromatic carbocycles. The predicted molar refractivity (Wildman–Crippen MR) is 455 cm³/mol. The van der Waals surface area contributed by atoms with Crippen molar-refractivity contribution in [2.45, 2.75) is 463 Å². The first-order chi connectivity index (χ1) is 60.0. The first-order valence-electron chi connectivity index (χ1n) is 43.4. The molecule has 8 aliphatic rings. The number of nitrogens with one attached hydrogen (secondary N) is 2. The Labute approximate surface area is 771 Å². The highest BCUT2D eigenvalue weighted by atomic mass is 16.8. The van der Waals surface area contributed by atoms with Gasteiger partial charge < -0.3 is 240 Å². The number of hydrogen-bond donors (Lipinski definition) is 32. The van der Waals surface area contributed by atoms with Crippen molar-refractivity contribution in [2.24, 2.45) is 0 Å². The lowest BCUT2D eigenvalue weighted by Gasteiger charge is -2.44. The monoisotopic (exact) mass is 1940 g/mol. The van der Waals surface area contributed by atoms with Crippen LogP contribution in [0.25, 0.3) is 0 Å². The topological polar surface area (TPSA) is 796 Å². The second-order valence-electron chi connectivity index (χ2n) is 40.6. The average molecular weight is 1940 g/mol. The van der Waals surface area contributed by atoms with Crippen LogP contribution in [0.2, 0.25) is 0 Å². The van der Waals surface area contributed by atoms with Crippen LogP contribution >= 0.6 is 0 Å².